The van der Waals surface area contributed by atoms with Crippen molar-refractivity contribution in [2.24, 2.45) is 0 Å². The number of hydrogen-bond acceptors (Lipinski definition) is 12. The van der Waals surface area contributed by atoms with Gasteiger partial charge in [0.1, 0.15) is 54.6 Å². The van der Waals surface area contributed by atoms with E-state index in [1.807, 2.05) is 36.4 Å². The van der Waals surface area contributed by atoms with Crippen LogP contribution in [0.5, 0.6) is 5.75 Å². The molecule has 2 aliphatic rings. The van der Waals surface area contributed by atoms with Crippen LogP contribution in [0.4, 0.5) is 0 Å². The van der Waals surface area contributed by atoms with Gasteiger partial charge in [-0.2, -0.15) is 0 Å². The third kappa shape index (κ3) is 6.47. The van der Waals surface area contributed by atoms with Gasteiger partial charge in [-0.25, -0.2) is 0 Å². The third-order valence-corrected chi connectivity index (χ3v) is 7.04. The molecule has 2 aromatic carbocycles. The van der Waals surface area contributed by atoms with Crippen LogP contribution in [-0.2, 0) is 19.0 Å². The maximum atomic E-state index is 12.7. The van der Waals surface area contributed by atoms with Crippen LogP contribution in [0.2, 0.25) is 0 Å². The first-order valence-electron chi connectivity index (χ1n) is 12.5. The van der Waals surface area contributed by atoms with Gasteiger partial charge in [0.05, 0.1) is 26.4 Å². The van der Waals surface area contributed by atoms with E-state index in [4.69, 9.17) is 18.9 Å². The smallest absolute Gasteiger partial charge is 0.187 e. The lowest BCUT2D eigenvalue weighted by molar-refractivity contribution is -0.341. The summed E-state index contributed by atoms with van der Waals surface area (Å²) >= 11 is 0. The number of aliphatic hydroxyl groups is 7. The Morgan fingerprint density at radius 2 is 1.49 bits per heavy atom. The topological polar surface area (TPSA) is 196 Å². The highest BCUT2D eigenvalue weighted by Crippen LogP contribution is 2.30. The molecule has 4 rings (SSSR count). The number of allylic oxidation sites excluding steroid dienone is 1. The van der Waals surface area contributed by atoms with Gasteiger partial charge >= 0.3 is 0 Å². The first-order chi connectivity index (χ1) is 18.7. The Kier molecular flexibility index (Phi) is 9.67. The van der Waals surface area contributed by atoms with Gasteiger partial charge < -0.3 is 54.7 Å². The number of benzene rings is 2. The van der Waals surface area contributed by atoms with Crippen LogP contribution in [0, 0.1) is 0 Å². The molecule has 0 bridgehead atoms. The first-order valence-corrected chi connectivity index (χ1v) is 12.5. The second-order valence-electron chi connectivity index (χ2n) is 9.65. The number of rotatable bonds is 9. The maximum Gasteiger partial charge on any atom is 0.187 e. The second kappa shape index (κ2) is 12.8. The van der Waals surface area contributed by atoms with Crippen LogP contribution >= 0.6 is 0 Å². The molecule has 2 aromatic rings. The Hall–Kier alpha value is -2.49. The molecule has 12 heteroatoms. The molecule has 2 heterocycles. The summed E-state index contributed by atoms with van der Waals surface area (Å²) in [5.74, 6) is 0.335. The molecule has 39 heavy (non-hydrogen) atoms. The lowest BCUT2D eigenvalue weighted by atomic mass is 9.92. The molecule has 0 radical (unpaired) electrons. The summed E-state index contributed by atoms with van der Waals surface area (Å²) < 4.78 is 21.7. The number of hydrogen-bond donors (Lipinski definition) is 7. The zero-order valence-electron chi connectivity index (χ0n) is 21.2. The summed E-state index contributed by atoms with van der Waals surface area (Å²) in [5, 5.41) is 72.6. The van der Waals surface area contributed by atoms with Crippen molar-refractivity contribution >= 4 is 22.6 Å². The zero-order chi connectivity index (χ0) is 28.3. The molecule has 4 unspecified atom stereocenters. The number of ether oxygens (including phenoxy) is 4. The van der Waals surface area contributed by atoms with Gasteiger partial charge in [-0.3, -0.25) is 4.79 Å². The third-order valence-electron chi connectivity index (χ3n) is 7.04. The predicted octanol–water partition coefficient (Wildman–Crippen LogP) is -1.51. The Labute approximate surface area is 224 Å². The van der Waals surface area contributed by atoms with Crippen molar-refractivity contribution in [3.8, 4) is 5.75 Å². The summed E-state index contributed by atoms with van der Waals surface area (Å²) in [6, 6.07) is 11.3. The van der Waals surface area contributed by atoms with E-state index in [1.165, 1.54) is 6.08 Å². The van der Waals surface area contributed by atoms with Crippen molar-refractivity contribution < 1.29 is 59.5 Å². The average Bonchev–Trinajstić information content (AvgIpc) is 2.95. The fourth-order valence-corrected chi connectivity index (χ4v) is 4.76. The Bertz CT molecular complexity index is 1150. The summed E-state index contributed by atoms with van der Waals surface area (Å²) in [4.78, 5) is 12.7. The Morgan fingerprint density at radius 3 is 2.18 bits per heavy atom. The highest BCUT2D eigenvalue weighted by atomic mass is 16.7. The highest BCUT2D eigenvalue weighted by Gasteiger charge is 2.50. The molecule has 10 atom stereocenters. The number of aliphatic hydroxyl groups excluding tert-OH is 7. The van der Waals surface area contributed by atoms with Crippen molar-refractivity contribution in [1.82, 2.24) is 0 Å². The van der Waals surface area contributed by atoms with E-state index in [2.05, 4.69) is 0 Å². The van der Waals surface area contributed by atoms with Crippen molar-refractivity contribution in [3.05, 3.63) is 48.0 Å². The molecule has 0 spiro atoms. The molecule has 0 amide bonds. The van der Waals surface area contributed by atoms with Crippen molar-refractivity contribution in [2.75, 3.05) is 20.3 Å². The van der Waals surface area contributed by atoms with Crippen molar-refractivity contribution in [3.63, 3.8) is 0 Å². The van der Waals surface area contributed by atoms with E-state index < -0.39 is 80.2 Å². The van der Waals surface area contributed by atoms with Crippen LogP contribution in [0.25, 0.3) is 16.8 Å². The zero-order valence-corrected chi connectivity index (χ0v) is 21.2. The average molecular weight is 551 g/mol. The second-order valence-corrected chi connectivity index (χ2v) is 9.65. The van der Waals surface area contributed by atoms with Gasteiger partial charge in [-0.05, 0) is 40.6 Å². The SMILES string of the molecule is COc1ccc2cc(/C=C/C(=O)C[C@@H]3OC(CO)[C@@H](O[C@@H]4OC(CO)[C@@H](O)[C@H](O)C4O)C(O)[C@@H]3O)ccc2c1. The van der Waals surface area contributed by atoms with Crippen LogP contribution in [0.3, 0.4) is 0 Å². The maximum absolute atomic E-state index is 12.7. The molecule has 2 fully saturated rings. The van der Waals surface area contributed by atoms with Crippen LogP contribution in [-0.4, -0.2) is 123 Å². The minimum Gasteiger partial charge on any atom is -0.497 e. The van der Waals surface area contributed by atoms with Gasteiger partial charge in [0.15, 0.2) is 12.1 Å². The van der Waals surface area contributed by atoms with E-state index >= 15 is 0 Å². The fraction of sp³-hybridized carbons (Fsp3) is 0.519. The van der Waals surface area contributed by atoms with Gasteiger partial charge in [-0.15, -0.1) is 0 Å². The predicted molar refractivity (Wildman–Crippen MR) is 136 cm³/mol. The molecule has 7 N–H and O–H groups in total. The minimum absolute atomic E-state index is 0.303. The molecule has 214 valence electrons. The van der Waals surface area contributed by atoms with E-state index in [9.17, 15) is 40.5 Å². The van der Waals surface area contributed by atoms with Gasteiger partial charge in [-0.1, -0.05) is 24.3 Å². The largest absolute Gasteiger partial charge is 0.497 e. The van der Waals surface area contributed by atoms with Crippen molar-refractivity contribution in [1.29, 1.82) is 0 Å². The standard InChI is InChI=1S/C27H34O12/c1-36-17-7-5-14-8-13(2-4-15(14)9-17)3-6-16(30)10-18-21(31)24(34)26(20(12-29)37-18)39-27-25(35)23(33)22(32)19(11-28)38-27/h2-9,18-29,31-35H,10-12H2,1H3/b6-3+/t18-,19?,20?,21+,22+,23-,24?,25?,26+,27-/m0/s1. The van der Waals surface area contributed by atoms with Crippen molar-refractivity contribution in [2.45, 2.75) is 67.6 Å². The van der Waals surface area contributed by atoms with Crippen LogP contribution < -0.4 is 4.74 Å². The van der Waals surface area contributed by atoms with Gasteiger partial charge in [0.2, 0.25) is 0 Å². The molecule has 0 saturated carbocycles. The molecule has 0 aliphatic carbocycles. The molecule has 2 aliphatic heterocycles. The molecule has 12 nitrogen and oxygen atoms in total. The number of fused-ring (bicyclic) bond motifs is 1. The number of ketones is 1. The first kappa shape index (κ1) is 29.5. The molecule has 0 aromatic heterocycles. The number of carbonyl (C=O) groups is 1. The normalized spacial score (nSPS) is 35.4. The van der Waals surface area contributed by atoms with E-state index in [-0.39, 0.29) is 6.42 Å². The van der Waals surface area contributed by atoms with Gasteiger partial charge in [0, 0.05) is 6.42 Å². The van der Waals surface area contributed by atoms with E-state index in [1.54, 1.807) is 13.2 Å². The lowest BCUT2D eigenvalue weighted by Crippen LogP contribution is -2.64. The van der Waals surface area contributed by atoms with Crippen LogP contribution in [0.1, 0.15) is 12.0 Å². The monoisotopic (exact) mass is 550 g/mol. The minimum atomic E-state index is -1.76. The Balaban J connectivity index is 1.39. The Morgan fingerprint density at radius 1 is 0.821 bits per heavy atom. The lowest BCUT2D eigenvalue weighted by Gasteiger charge is -2.46. The van der Waals surface area contributed by atoms with E-state index in [0.29, 0.717) is 0 Å². The molecular weight excluding hydrogens is 516 g/mol. The fourth-order valence-electron chi connectivity index (χ4n) is 4.76. The van der Waals surface area contributed by atoms with Gasteiger partial charge in [0.25, 0.3) is 0 Å². The quantitative estimate of drug-likeness (QED) is 0.179. The highest BCUT2D eigenvalue weighted by molar-refractivity contribution is 5.95. The molecular formula is C27H34O12. The number of carbonyl (C=O) groups excluding carboxylic acids is 1. The summed E-state index contributed by atoms with van der Waals surface area (Å²) in [5.41, 5.74) is 0.771. The summed E-state index contributed by atoms with van der Waals surface area (Å²) in [6.07, 6.45) is -12.4. The molecule has 2 saturated heterocycles. The van der Waals surface area contributed by atoms with Crippen LogP contribution in [0.15, 0.2) is 42.5 Å². The summed E-state index contributed by atoms with van der Waals surface area (Å²) in [6.45, 7) is -1.36. The van der Waals surface area contributed by atoms with E-state index in [0.717, 1.165) is 22.1 Å². The summed E-state index contributed by atoms with van der Waals surface area (Å²) in [7, 11) is 1.59. The number of methoxy groups -OCH3 is 1.